The Bertz CT molecular complexity index is 442. The van der Waals surface area contributed by atoms with E-state index in [1.807, 2.05) is 0 Å². The smallest absolute Gasteiger partial charge is 0.481 e. The maximum Gasteiger partial charge on any atom is 1.00 e. The summed E-state index contributed by atoms with van der Waals surface area (Å²) in [7, 11) is -4.84. The van der Waals surface area contributed by atoms with Gasteiger partial charge in [0.25, 0.3) is 10.1 Å². The molecule has 1 atom stereocenters. The molecule has 1 unspecified atom stereocenters. The second kappa shape index (κ2) is 19.6. The van der Waals surface area contributed by atoms with Gasteiger partial charge in [0.15, 0.2) is 5.25 Å². The van der Waals surface area contributed by atoms with Crippen LogP contribution in [0.2, 0.25) is 0 Å². The van der Waals surface area contributed by atoms with Crippen molar-refractivity contribution in [2.75, 3.05) is 0 Å². The van der Waals surface area contributed by atoms with Gasteiger partial charge in [0, 0.05) is 0 Å². The summed E-state index contributed by atoms with van der Waals surface area (Å²) < 4.78 is 28.7. The Balaban J connectivity index is -0.000000393. The summed E-state index contributed by atoms with van der Waals surface area (Å²) in [6.07, 6.45) is 14.2. The monoisotopic (exact) mass is 404 g/mol. The average molecular weight is 405 g/mol. The van der Waals surface area contributed by atoms with Gasteiger partial charge < -0.3 is 17.1 Å². The van der Waals surface area contributed by atoms with Crippen LogP contribution in [0.15, 0.2) is 0 Å². The van der Waals surface area contributed by atoms with Crippen LogP contribution in [-0.4, -0.2) is 40.4 Å². The van der Waals surface area contributed by atoms with Crippen LogP contribution >= 0.6 is 0 Å². The molecule has 0 saturated carbocycles. The minimum atomic E-state index is -4.84. The van der Waals surface area contributed by atoms with Gasteiger partial charge in [-0.25, -0.2) is 0 Å². The van der Waals surface area contributed by atoms with Gasteiger partial charge in [0.2, 0.25) is 0 Å². The van der Waals surface area contributed by atoms with Crippen LogP contribution in [0.25, 0.3) is 0 Å². The van der Waals surface area contributed by atoms with Gasteiger partial charge in [-0.3, -0.25) is 14.1 Å². The first-order chi connectivity index (χ1) is 11.7. The van der Waals surface area contributed by atoms with Gasteiger partial charge >= 0.3 is 41.5 Å². The molecule has 0 aliphatic carbocycles. The third kappa shape index (κ3) is 21.9. The SMILES string of the molecule is O=C(O)CC(C(=O)O)S(=O)(=O)O.[CH2-]CCCCCCCCCCCC.[Na+]. The molecule has 0 radical (unpaired) electrons. The largest absolute Gasteiger partial charge is 1.00 e. The van der Waals surface area contributed by atoms with Crippen LogP contribution in [0.5, 0.6) is 0 Å². The summed E-state index contributed by atoms with van der Waals surface area (Å²) in [5.41, 5.74) is 0. The molecule has 3 N–H and O–H groups in total. The molecule has 0 rings (SSSR count). The molecular formula is C17H33NaO7S. The van der Waals surface area contributed by atoms with Crippen molar-refractivity contribution in [3.63, 3.8) is 0 Å². The zero-order valence-electron chi connectivity index (χ0n) is 16.2. The van der Waals surface area contributed by atoms with E-state index in [2.05, 4.69) is 13.8 Å². The fourth-order valence-electron chi connectivity index (χ4n) is 2.14. The minimum absolute atomic E-state index is 0. The maximum absolute atomic E-state index is 10.2. The zero-order chi connectivity index (χ0) is 19.7. The first-order valence-electron chi connectivity index (χ1n) is 8.86. The number of rotatable bonds is 14. The number of unbranched alkanes of at least 4 members (excludes halogenated alkanes) is 10. The normalized spacial score (nSPS) is 11.7. The van der Waals surface area contributed by atoms with E-state index in [0.29, 0.717) is 0 Å². The molecule has 0 aliphatic heterocycles. The van der Waals surface area contributed by atoms with Crippen LogP contribution in [0.3, 0.4) is 0 Å². The van der Waals surface area contributed by atoms with E-state index in [4.69, 9.17) is 14.8 Å². The van der Waals surface area contributed by atoms with Gasteiger partial charge in [-0.1, -0.05) is 71.1 Å². The Morgan fingerprint density at radius 2 is 1.27 bits per heavy atom. The van der Waals surface area contributed by atoms with Crippen LogP contribution in [0.4, 0.5) is 0 Å². The Hall–Kier alpha value is -0.150. The molecule has 0 saturated heterocycles. The van der Waals surface area contributed by atoms with Crippen molar-refractivity contribution in [1.29, 1.82) is 0 Å². The summed E-state index contributed by atoms with van der Waals surface area (Å²) in [4.78, 5) is 20.0. The molecule has 0 aromatic carbocycles. The molecule has 0 aromatic rings. The molecular weight excluding hydrogens is 371 g/mol. The number of hydrogen-bond donors (Lipinski definition) is 3. The molecule has 0 heterocycles. The van der Waals surface area contributed by atoms with Crippen molar-refractivity contribution in [3.8, 4) is 0 Å². The van der Waals surface area contributed by atoms with E-state index in [-0.39, 0.29) is 29.6 Å². The van der Waals surface area contributed by atoms with Crippen LogP contribution in [0, 0.1) is 6.92 Å². The Labute approximate surface area is 180 Å². The molecule has 0 aromatic heterocycles. The summed E-state index contributed by atoms with van der Waals surface area (Å²) >= 11 is 0. The molecule has 150 valence electrons. The summed E-state index contributed by atoms with van der Waals surface area (Å²) in [5.74, 6) is -3.50. The van der Waals surface area contributed by atoms with Crippen molar-refractivity contribution >= 4 is 22.1 Å². The van der Waals surface area contributed by atoms with E-state index in [0.717, 1.165) is 6.42 Å². The summed E-state index contributed by atoms with van der Waals surface area (Å²) in [5, 5.41) is 13.9. The number of carbonyl (C=O) groups is 2. The van der Waals surface area contributed by atoms with Crippen LogP contribution in [-0.2, 0) is 19.7 Å². The van der Waals surface area contributed by atoms with E-state index >= 15 is 0 Å². The van der Waals surface area contributed by atoms with E-state index in [1.54, 1.807) is 0 Å². The van der Waals surface area contributed by atoms with Gasteiger partial charge in [0.1, 0.15) is 0 Å². The average Bonchev–Trinajstić information content (AvgIpc) is 2.50. The Morgan fingerprint density at radius 3 is 1.50 bits per heavy atom. The number of hydrogen-bond acceptors (Lipinski definition) is 4. The van der Waals surface area contributed by atoms with E-state index in [9.17, 15) is 18.0 Å². The van der Waals surface area contributed by atoms with Gasteiger partial charge in [-0.15, -0.1) is 0 Å². The summed E-state index contributed by atoms with van der Waals surface area (Å²) in [6, 6.07) is 0. The number of aliphatic carboxylic acids is 2. The maximum atomic E-state index is 10.2. The third-order valence-corrected chi connectivity index (χ3v) is 4.69. The molecule has 0 aliphatic rings. The fourth-order valence-corrected chi connectivity index (χ4v) is 2.75. The topological polar surface area (TPSA) is 129 Å². The number of carboxylic acids is 2. The first kappa shape index (κ1) is 30.6. The van der Waals surface area contributed by atoms with Crippen molar-refractivity contribution in [2.24, 2.45) is 0 Å². The van der Waals surface area contributed by atoms with Gasteiger partial charge in [-0.05, 0) is 0 Å². The molecule has 7 nitrogen and oxygen atoms in total. The van der Waals surface area contributed by atoms with E-state index in [1.165, 1.54) is 64.2 Å². The van der Waals surface area contributed by atoms with E-state index < -0.39 is 33.7 Å². The van der Waals surface area contributed by atoms with Crippen molar-refractivity contribution < 1.29 is 62.3 Å². The molecule has 0 fully saturated rings. The predicted octanol–water partition coefficient (Wildman–Crippen LogP) is 0.938. The quantitative estimate of drug-likeness (QED) is 0.170. The van der Waals surface area contributed by atoms with Gasteiger partial charge in [-0.2, -0.15) is 14.8 Å². The second-order valence-electron chi connectivity index (χ2n) is 5.98. The second-order valence-corrected chi connectivity index (χ2v) is 7.57. The van der Waals surface area contributed by atoms with Crippen LogP contribution in [0.1, 0.15) is 84.0 Å². The fraction of sp³-hybridized carbons (Fsp3) is 0.824. The van der Waals surface area contributed by atoms with Crippen LogP contribution < -0.4 is 29.6 Å². The molecule has 0 amide bonds. The molecule has 0 spiro atoms. The zero-order valence-corrected chi connectivity index (χ0v) is 19.0. The number of carboxylic acid groups (broad SMARTS) is 2. The predicted molar refractivity (Wildman–Crippen MR) is 97.0 cm³/mol. The Kier molecular flexibility index (Phi) is 23.1. The molecule has 9 heteroatoms. The minimum Gasteiger partial charge on any atom is -0.481 e. The van der Waals surface area contributed by atoms with Crippen molar-refractivity contribution in [3.05, 3.63) is 6.92 Å². The van der Waals surface area contributed by atoms with Gasteiger partial charge in [0.05, 0.1) is 6.42 Å². The molecule has 26 heavy (non-hydrogen) atoms. The first-order valence-corrected chi connectivity index (χ1v) is 10.4. The summed E-state index contributed by atoms with van der Waals surface area (Å²) in [6.45, 7) is 6.13. The standard InChI is InChI=1S/C13H27.C4H6O7S.Na/c1-3-5-7-9-11-13-12-10-8-6-4-2;5-3(6)1-2(4(7)8)12(9,10)11;/h1,3-13H2,2H3;2H,1H2,(H,5,6)(H,7,8)(H,9,10,11);/q-1;;+1. The third-order valence-electron chi connectivity index (χ3n) is 3.60. The molecule has 0 bridgehead atoms. The Morgan fingerprint density at radius 1 is 0.885 bits per heavy atom. The van der Waals surface area contributed by atoms with Crippen molar-refractivity contribution in [2.45, 2.75) is 89.2 Å². The van der Waals surface area contributed by atoms with Crippen molar-refractivity contribution in [1.82, 2.24) is 0 Å².